The van der Waals surface area contributed by atoms with Crippen LogP contribution in [0.15, 0.2) is 42.5 Å². The molecule has 0 unspecified atom stereocenters. The first-order valence-electron chi connectivity index (χ1n) is 9.33. The maximum Gasteiger partial charge on any atom is 0.246 e. The summed E-state index contributed by atoms with van der Waals surface area (Å²) in [5, 5.41) is 0. The molecule has 0 fully saturated rings. The fourth-order valence-corrected chi connectivity index (χ4v) is 4.42. The Bertz CT molecular complexity index is 979. The largest absolute Gasteiger partial charge is 0.493 e. The number of ether oxygens (including phenoxy) is 2. The van der Waals surface area contributed by atoms with Gasteiger partial charge in [0.1, 0.15) is 11.9 Å². The van der Waals surface area contributed by atoms with E-state index < -0.39 is 21.9 Å². The minimum absolute atomic E-state index is 0.235. The number of methoxy groups -OCH3 is 2. The molecule has 2 rings (SSSR count). The van der Waals surface area contributed by atoms with E-state index in [9.17, 15) is 17.6 Å². The van der Waals surface area contributed by atoms with Crippen LogP contribution in [0.5, 0.6) is 11.5 Å². The Morgan fingerprint density at radius 3 is 2.17 bits per heavy atom. The molecule has 2 aromatic rings. The molecule has 9 heteroatoms. The van der Waals surface area contributed by atoms with Gasteiger partial charge in [-0.05, 0) is 48.4 Å². The third-order valence-electron chi connectivity index (χ3n) is 4.64. The van der Waals surface area contributed by atoms with Crippen LogP contribution in [-0.4, -0.2) is 52.8 Å². The van der Waals surface area contributed by atoms with Crippen molar-refractivity contribution in [2.45, 2.75) is 25.9 Å². The highest BCUT2D eigenvalue weighted by Gasteiger charge is 2.33. The van der Waals surface area contributed by atoms with Crippen LogP contribution >= 0.6 is 0 Å². The number of halogens is 1. The first-order valence-corrected chi connectivity index (χ1v) is 11.2. The molecule has 0 aliphatic carbocycles. The molecule has 0 heterocycles. The van der Waals surface area contributed by atoms with Crippen molar-refractivity contribution in [1.29, 1.82) is 0 Å². The van der Waals surface area contributed by atoms with Crippen LogP contribution < -0.4 is 13.8 Å². The molecule has 0 aromatic heterocycles. The molecule has 0 spiro atoms. The molecule has 0 aliphatic heterocycles. The summed E-state index contributed by atoms with van der Waals surface area (Å²) < 4.78 is 49.8. The predicted molar refractivity (Wildman–Crippen MR) is 114 cm³/mol. The normalized spacial score (nSPS) is 12.2. The van der Waals surface area contributed by atoms with E-state index in [-0.39, 0.29) is 24.6 Å². The van der Waals surface area contributed by atoms with E-state index in [1.165, 1.54) is 31.3 Å². The minimum atomic E-state index is -3.79. The minimum Gasteiger partial charge on any atom is -0.493 e. The number of amides is 1. The molecular formula is C21H27FN2O5S. The van der Waals surface area contributed by atoms with Crippen LogP contribution in [0.25, 0.3) is 0 Å². The SMILES string of the molecule is CC[C@@H](C(=O)N(C)Cc1ccc(OC)c(OC)c1)N(c1ccc(F)cc1)S(C)(=O)=O. The quantitative estimate of drug-likeness (QED) is 0.602. The molecule has 0 saturated heterocycles. The van der Waals surface area contributed by atoms with Gasteiger partial charge in [-0.25, -0.2) is 12.8 Å². The molecule has 1 atom stereocenters. The number of anilines is 1. The molecule has 164 valence electrons. The van der Waals surface area contributed by atoms with E-state index in [2.05, 4.69) is 0 Å². The highest BCUT2D eigenvalue weighted by molar-refractivity contribution is 7.92. The van der Waals surface area contributed by atoms with Gasteiger partial charge in [-0.2, -0.15) is 0 Å². The zero-order valence-electron chi connectivity index (χ0n) is 17.8. The Hall–Kier alpha value is -2.81. The van der Waals surface area contributed by atoms with Gasteiger partial charge in [0.15, 0.2) is 11.5 Å². The summed E-state index contributed by atoms with van der Waals surface area (Å²) >= 11 is 0. The summed E-state index contributed by atoms with van der Waals surface area (Å²) in [6.45, 7) is 1.98. The van der Waals surface area contributed by atoms with Gasteiger partial charge in [0.2, 0.25) is 15.9 Å². The monoisotopic (exact) mass is 438 g/mol. The van der Waals surface area contributed by atoms with Crippen molar-refractivity contribution in [1.82, 2.24) is 4.90 Å². The van der Waals surface area contributed by atoms with Gasteiger partial charge >= 0.3 is 0 Å². The first-order chi connectivity index (χ1) is 14.1. The average molecular weight is 439 g/mol. The van der Waals surface area contributed by atoms with Crippen LogP contribution in [-0.2, 0) is 21.4 Å². The molecule has 1 amide bonds. The summed E-state index contributed by atoms with van der Waals surface area (Å²) in [5.74, 6) is 0.243. The summed E-state index contributed by atoms with van der Waals surface area (Å²) in [5.41, 5.74) is 1.03. The topological polar surface area (TPSA) is 76.2 Å². The Labute approximate surface area is 177 Å². The van der Waals surface area contributed by atoms with E-state index in [1.807, 2.05) is 0 Å². The van der Waals surface area contributed by atoms with Crippen LogP contribution in [0.2, 0.25) is 0 Å². The van der Waals surface area contributed by atoms with Crippen molar-refractivity contribution in [3.63, 3.8) is 0 Å². The molecule has 0 saturated carbocycles. The van der Waals surface area contributed by atoms with E-state index in [0.717, 1.165) is 28.3 Å². The number of likely N-dealkylation sites (N-methyl/N-ethyl adjacent to an activating group) is 1. The van der Waals surface area contributed by atoms with E-state index in [1.54, 1.807) is 32.2 Å². The van der Waals surface area contributed by atoms with Gasteiger partial charge in [0.05, 0.1) is 26.2 Å². The van der Waals surface area contributed by atoms with Gasteiger partial charge < -0.3 is 14.4 Å². The van der Waals surface area contributed by atoms with Crippen molar-refractivity contribution < 1.29 is 27.1 Å². The number of hydrogen-bond donors (Lipinski definition) is 0. The summed E-state index contributed by atoms with van der Waals surface area (Å²) in [4.78, 5) is 14.6. The lowest BCUT2D eigenvalue weighted by Gasteiger charge is -2.33. The molecule has 0 radical (unpaired) electrons. The highest BCUT2D eigenvalue weighted by Crippen LogP contribution is 2.28. The van der Waals surface area contributed by atoms with Crippen LogP contribution in [0.3, 0.4) is 0 Å². The first kappa shape index (κ1) is 23.5. The molecular weight excluding hydrogens is 411 g/mol. The zero-order chi connectivity index (χ0) is 22.5. The Morgan fingerprint density at radius 2 is 1.67 bits per heavy atom. The molecule has 0 bridgehead atoms. The van der Waals surface area contributed by atoms with E-state index in [0.29, 0.717) is 11.5 Å². The second-order valence-electron chi connectivity index (χ2n) is 6.84. The predicted octanol–water partition coefficient (Wildman–Crippen LogP) is 3.05. The standard InChI is InChI=1S/C21H27FN2O5S/c1-6-18(24(30(5,26)27)17-10-8-16(22)9-11-17)21(25)23(2)14-15-7-12-19(28-3)20(13-15)29-4/h7-13,18H,6,14H2,1-5H3/t18-/m0/s1. The Morgan fingerprint density at radius 1 is 1.07 bits per heavy atom. The number of benzene rings is 2. The third kappa shape index (κ3) is 5.41. The lowest BCUT2D eigenvalue weighted by atomic mass is 10.1. The second-order valence-corrected chi connectivity index (χ2v) is 8.70. The highest BCUT2D eigenvalue weighted by atomic mass is 32.2. The van der Waals surface area contributed by atoms with Gasteiger partial charge in [-0.15, -0.1) is 0 Å². The van der Waals surface area contributed by atoms with Crippen molar-refractivity contribution in [3.05, 3.63) is 53.8 Å². The van der Waals surface area contributed by atoms with Gasteiger partial charge in [-0.3, -0.25) is 9.10 Å². The lowest BCUT2D eigenvalue weighted by molar-refractivity contribution is -0.131. The van der Waals surface area contributed by atoms with Crippen molar-refractivity contribution >= 4 is 21.6 Å². The Balaban J connectivity index is 2.31. The molecule has 0 N–H and O–H groups in total. The summed E-state index contributed by atoms with van der Waals surface area (Å²) in [6.07, 6.45) is 1.28. The summed E-state index contributed by atoms with van der Waals surface area (Å²) in [7, 11) is 0.878. The third-order valence-corrected chi connectivity index (χ3v) is 5.82. The molecule has 2 aromatic carbocycles. The summed E-state index contributed by atoms with van der Waals surface area (Å²) in [6, 6.07) is 9.37. The van der Waals surface area contributed by atoms with Gasteiger partial charge in [0.25, 0.3) is 0 Å². The fourth-order valence-electron chi connectivity index (χ4n) is 3.22. The maximum absolute atomic E-state index is 13.3. The number of rotatable bonds is 9. The van der Waals surface area contributed by atoms with Crippen LogP contribution in [0.1, 0.15) is 18.9 Å². The number of sulfonamides is 1. The van der Waals surface area contributed by atoms with Crippen LogP contribution in [0, 0.1) is 5.82 Å². The number of carbonyl (C=O) groups excluding carboxylic acids is 1. The average Bonchev–Trinajstić information content (AvgIpc) is 2.71. The van der Waals surface area contributed by atoms with Gasteiger partial charge in [0, 0.05) is 13.6 Å². The number of nitrogens with zero attached hydrogens (tertiary/aromatic N) is 2. The van der Waals surface area contributed by atoms with E-state index in [4.69, 9.17) is 9.47 Å². The molecule has 0 aliphatic rings. The number of hydrogen-bond acceptors (Lipinski definition) is 5. The van der Waals surface area contributed by atoms with Crippen molar-refractivity contribution in [3.8, 4) is 11.5 Å². The van der Waals surface area contributed by atoms with Crippen molar-refractivity contribution in [2.24, 2.45) is 0 Å². The van der Waals surface area contributed by atoms with Crippen molar-refractivity contribution in [2.75, 3.05) is 31.8 Å². The second kappa shape index (κ2) is 9.80. The smallest absolute Gasteiger partial charge is 0.246 e. The fraction of sp³-hybridized carbons (Fsp3) is 0.381. The lowest BCUT2D eigenvalue weighted by Crippen LogP contribution is -2.49. The van der Waals surface area contributed by atoms with E-state index >= 15 is 0 Å². The number of carbonyl (C=O) groups is 1. The van der Waals surface area contributed by atoms with Crippen LogP contribution in [0.4, 0.5) is 10.1 Å². The zero-order valence-corrected chi connectivity index (χ0v) is 18.6. The Kier molecular flexibility index (Phi) is 7.66. The maximum atomic E-state index is 13.3. The molecule has 30 heavy (non-hydrogen) atoms. The van der Waals surface area contributed by atoms with Gasteiger partial charge in [-0.1, -0.05) is 13.0 Å². The molecule has 7 nitrogen and oxygen atoms in total.